The van der Waals surface area contributed by atoms with Crippen LogP contribution < -0.4 is 5.46 Å². The molecule has 1 saturated heterocycles. The minimum atomic E-state index is -0.961. The maximum atomic E-state index is 14.5. The van der Waals surface area contributed by atoms with Crippen LogP contribution in [0.2, 0.25) is 0 Å². The van der Waals surface area contributed by atoms with Crippen molar-refractivity contribution in [3.05, 3.63) is 29.1 Å². The minimum Gasteiger partial charge on any atom is -0.465 e. The third-order valence-corrected chi connectivity index (χ3v) is 5.15. The Bertz CT molecular complexity index is 646. The monoisotopic (exact) mass is 321 g/mol. The van der Waals surface area contributed by atoms with Crippen molar-refractivity contribution in [2.75, 3.05) is 6.54 Å². The second kappa shape index (κ2) is 5.21. The predicted octanol–water partition coefficient (Wildman–Crippen LogP) is 2.16. The Hall–Kier alpha value is -1.60. The van der Waals surface area contributed by atoms with Crippen LogP contribution in [0.3, 0.4) is 0 Å². The van der Waals surface area contributed by atoms with E-state index in [9.17, 15) is 9.18 Å². The highest BCUT2D eigenvalue weighted by Crippen LogP contribution is 2.37. The zero-order valence-corrected chi connectivity index (χ0v) is 13.9. The lowest BCUT2D eigenvalue weighted by Gasteiger charge is -2.32. The number of fused-ring (bicyclic) bond motifs is 1. The highest BCUT2D eigenvalue weighted by atomic mass is 19.1. The van der Waals surface area contributed by atoms with Gasteiger partial charge in [-0.2, -0.15) is 0 Å². The van der Waals surface area contributed by atoms with Crippen LogP contribution in [0.4, 0.5) is 9.18 Å². The number of hydrogen-bond donors (Lipinski definition) is 1. The van der Waals surface area contributed by atoms with Crippen molar-refractivity contribution in [1.29, 1.82) is 0 Å². The molecule has 0 unspecified atom stereocenters. The summed E-state index contributed by atoms with van der Waals surface area (Å²) < 4.78 is 26.5. The molecule has 3 rings (SSSR count). The highest BCUT2D eigenvalue weighted by molar-refractivity contribution is 6.62. The minimum absolute atomic E-state index is 0.261. The van der Waals surface area contributed by atoms with Crippen molar-refractivity contribution in [1.82, 2.24) is 4.90 Å². The summed E-state index contributed by atoms with van der Waals surface area (Å²) in [5.74, 6) is -0.369. The van der Waals surface area contributed by atoms with Crippen molar-refractivity contribution in [3.8, 4) is 0 Å². The van der Waals surface area contributed by atoms with Gasteiger partial charge in [0.25, 0.3) is 0 Å². The van der Waals surface area contributed by atoms with Crippen LogP contribution in [-0.4, -0.2) is 41.0 Å². The maximum absolute atomic E-state index is 14.5. The van der Waals surface area contributed by atoms with Crippen LogP contribution in [0.15, 0.2) is 12.1 Å². The Morgan fingerprint density at radius 2 is 1.87 bits per heavy atom. The second-order valence-corrected chi connectivity index (χ2v) is 7.14. The first-order valence-electron chi connectivity index (χ1n) is 7.76. The molecule has 0 radical (unpaired) electrons. The van der Waals surface area contributed by atoms with Gasteiger partial charge in [0, 0.05) is 18.6 Å². The number of halogens is 1. The van der Waals surface area contributed by atoms with Crippen LogP contribution in [0.25, 0.3) is 0 Å². The number of hydrogen-bond acceptors (Lipinski definition) is 3. The Balaban J connectivity index is 1.99. The Morgan fingerprint density at radius 1 is 1.26 bits per heavy atom. The number of amides is 1. The standard InChI is InChI=1S/C16H21BFNO4/c1-15(2)16(3,4)23-17(22-15)13-11-7-8-19(14(20)21)9-10(11)5-6-12(13)18/h5-6H,7-9H2,1-4H3,(H,20,21). The van der Waals surface area contributed by atoms with E-state index in [0.717, 1.165) is 11.1 Å². The zero-order chi connectivity index (χ0) is 17.0. The van der Waals surface area contributed by atoms with E-state index >= 15 is 0 Å². The molecular formula is C16H21BFNO4. The molecule has 2 heterocycles. The number of carboxylic acid groups (broad SMARTS) is 1. The van der Waals surface area contributed by atoms with E-state index in [1.165, 1.54) is 11.0 Å². The van der Waals surface area contributed by atoms with Crippen LogP contribution in [0.5, 0.6) is 0 Å². The highest BCUT2D eigenvalue weighted by Gasteiger charge is 2.53. The molecule has 0 bridgehead atoms. The van der Waals surface area contributed by atoms with Gasteiger partial charge in [-0.1, -0.05) is 6.07 Å². The van der Waals surface area contributed by atoms with Crippen molar-refractivity contribution >= 4 is 18.7 Å². The number of rotatable bonds is 1. The first kappa shape index (κ1) is 16.3. The van der Waals surface area contributed by atoms with E-state index in [1.807, 2.05) is 27.7 Å². The van der Waals surface area contributed by atoms with Crippen LogP contribution in [-0.2, 0) is 22.3 Å². The molecule has 0 atom stereocenters. The number of carbonyl (C=O) groups is 1. The first-order valence-corrected chi connectivity index (χ1v) is 7.76. The number of nitrogens with zero attached hydrogens (tertiary/aromatic N) is 1. The van der Waals surface area contributed by atoms with E-state index in [1.54, 1.807) is 6.07 Å². The molecule has 23 heavy (non-hydrogen) atoms. The zero-order valence-electron chi connectivity index (χ0n) is 13.9. The van der Waals surface area contributed by atoms with Gasteiger partial charge in [-0.15, -0.1) is 0 Å². The molecule has 0 aromatic heterocycles. The van der Waals surface area contributed by atoms with Crippen LogP contribution in [0.1, 0.15) is 38.8 Å². The normalized spacial score (nSPS) is 22.1. The van der Waals surface area contributed by atoms with Crippen molar-refractivity contribution in [2.24, 2.45) is 0 Å². The van der Waals surface area contributed by atoms with Gasteiger partial charge in [-0.05, 0) is 51.3 Å². The summed E-state index contributed by atoms with van der Waals surface area (Å²) in [5, 5.41) is 9.14. The lowest BCUT2D eigenvalue weighted by atomic mass is 9.72. The van der Waals surface area contributed by atoms with E-state index in [0.29, 0.717) is 18.4 Å². The smallest absolute Gasteiger partial charge is 0.465 e. The fourth-order valence-electron chi connectivity index (χ4n) is 3.04. The summed E-state index contributed by atoms with van der Waals surface area (Å²) in [4.78, 5) is 12.5. The SMILES string of the molecule is CC1(C)OB(c2c(F)ccc3c2CCN(C(=O)O)C3)OC1(C)C. The van der Waals surface area contributed by atoms with Crippen LogP contribution in [0, 0.1) is 5.82 Å². The fraction of sp³-hybridized carbons (Fsp3) is 0.562. The largest absolute Gasteiger partial charge is 0.498 e. The Morgan fingerprint density at radius 3 is 2.43 bits per heavy atom. The molecule has 7 heteroatoms. The summed E-state index contributed by atoms with van der Waals surface area (Å²) in [6.07, 6.45) is -0.504. The average molecular weight is 321 g/mol. The molecule has 124 valence electrons. The fourth-order valence-corrected chi connectivity index (χ4v) is 3.04. The van der Waals surface area contributed by atoms with Gasteiger partial charge in [0.15, 0.2) is 0 Å². The van der Waals surface area contributed by atoms with Gasteiger partial charge >= 0.3 is 13.2 Å². The molecule has 0 saturated carbocycles. The molecular weight excluding hydrogens is 300 g/mol. The van der Waals surface area contributed by atoms with Gasteiger partial charge < -0.3 is 19.3 Å². The summed E-state index contributed by atoms with van der Waals surface area (Å²) in [5.41, 5.74) is 0.931. The summed E-state index contributed by atoms with van der Waals surface area (Å²) >= 11 is 0. The molecule has 2 aliphatic rings. The van der Waals surface area contributed by atoms with E-state index in [4.69, 9.17) is 14.4 Å². The summed E-state index contributed by atoms with van der Waals surface area (Å²) in [7, 11) is -0.772. The van der Waals surface area contributed by atoms with Gasteiger partial charge in [0.05, 0.1) is 11.2 Å². The Labute approximate surface area is 135 Å². The topological polar surface area (TPSA) is 59.0 Å². The lowest BCUT2D eigenvalue weighted by molar-refractivity contribution is 0.00578. The molecule has 0 aliphatic carbocycles. The number of benzene rings is 1. The molecule has 1 fully saturated rings. The molecule has 1 aromatic carbocycles. The van der Waals surface area contributed by atoms with E-state index < -0.39 is 24.4 Å². The predicted molar refractivity (Wildman–Crippen MR) is 84.3 cm³/mol. The summed E-state index contributed by atoms with van der Waals surface area (Å²) in [6, 6.07) is 3.01. The van der Waals surface area contributed by atoms with Gasteiger partial charge in [-0.3, -0.25) is 0 Å². The van der Waals surface area contributed by atoms with Gasteiger partial charge in [-0.25, -0.2) is 9.18 Å². The molecule has 1 aromatic rings. The van der Waals surface area contributed by atoms with E-state index in [2.05, 4.69) is 0 Å². The Kier molecular flexibility index (Phi) is 3.68. The maximum Gasteiger partial charge on any atom is 0.498 e. The second-order valence-electron chi connectivity index (χ2n) is 7.14. The van der Waals surface area contributed by atoms with Crippen molar-refractivity contribution < 1.29 is 23.6 Å². The lowest BCUT2D eigenvalue weighted by Crippen LogP contribution is -2.44. The molecule has 2 aliphatic heterocycles. The molecule has 1 N–H and O–H groups in total. The van der Waals surface area contributed by atoms with Crippen molar-refractivity contribution in [2.45, 2.75) is 51.9 Å². The van der Waals surface area contributed by atoms with Crippen molar-refractivity contribution in [3.63, 3.8) is 0 Å². The van der Waals surface area contributed by atoms with Crippen LogP contribution >= 0.6 is 0 Å². The first-order chi connectivity index (χ1) is 10.6. The third kappa shape index (κ3) is 2.62. The third-order valence-electron chi connectivity index (χ3n) is 5.15. The van der Waals surface area contributed by atoms with Gasteiger partial charge in [0.1, 0.15) is 5.82 Å². The molecule has 5 nitrogen and oxygen atoms in total. The summed E-state index contributed by atoms with van der Waals surface area (Å²) in [6.45, 7) is 8.30. The molecule has 0 spiro atoms. The average Bonchev–Trinajstić information content (AvgIpc) is 2.66. The molecule has 1 amide bonds. The van der Waals surface area contributed by atoms with Gasteiger partial charge in [0.2, 0.25) is 0 Å². The van der Waals surface area contributed by atoms with E-state index in [-0.39, 0.29) is 12.4 Å². The quantitative estimate of drug-likeness (QED) is 0.806.